The molecule has 2 aromatic rings. The topological polar surface area (TPSA) is 65.7 Å². The van der Waals surface area contributed by atoms with Crippen molar-refractivity contribution in [3.05, 3.63) is 41.7 Å². The molecule has 0 saturated carbocycles. The van der Waals surface area contributed by atoms with E-state index in [2.05, 4.69) is 0 Å². The van der Waals surface area contributed by atoms with Crippen molar-refractivity contribution in [3.8, 4) is 11.3 Å². The first-order chi connectivity index (χ1) is 11.3. The third-order valence-electron chi connectivity index (χ3n) is 4.74. The average molecular weight is 326 g/mol. The van der Waals surface area contributed by atoms with E-state index < -0.39 is 18.3 Å². The molecule has 0 N–H and O–H groups in total. The fourth-order valence-corrected chi connectivity index (χ4v) is 2.59. The summed E-state index contributed by atoms with van der Waals surface area (Å²) in [5.41, 5.74) is 0.948. The van der Waals surface area contributed by atoms with Gasteiger partial charge in [-0.05, 0) is 45.3 Å². The minimum Gasteiger partial charge on any atom is -0.453 e. The first-order valence-corrected chi connectivity index (χ1v) is 7.77. The van der Waals surface area contributed by atoms with Crippen LogP contribution in [0.1, 0.15) is 48.6 Å². The van der Waals surface area contributed by atoms with Gasteiger partial charge in [-0.15, -0.1) is 0 Å². The molecule has 1 aliphatic rings. The van der Waals surface area contributed by atoms with Crippen molar-refractivity contribution in [1.82, 2.24) is 0 Å². The molecule has 124 valence electrons. The Balaban J connectivity index is 1.96. The molecule has 1 fully saturated rings. The monoisotopic (exact) mass is 326 g/mol. The highest BCUT2D eigenvalue weighted by molar-refractivity contribution is 6.62. The van der Waals surface area contributed by atoms with Gasteiger partial charge in [0.15, 0.2) is 18.3 Å². The van der Waals surface area contributed by atoms with E-state index in [0.29, 0.717) is 23.2 Å². The highest BCUT2D eigenvalue weighted by atomic mass is 16.7. The summed E-state index contributed by atoms with van der Waals surface area (Å²) >= 11 is 0. The van der Waals surface area contributed by atoms with Crippen molar-refractivity contribution in [2.45, 2.75) is 38.9 Å². The molecule has 0 amide bonds. The van der Waals surface area contributed by atoms with Gasteiger partial charge in [0.05, 0.1) is 11.2 Å². The van der Waals surface area contributed by atoms with Gasteiger partial charge >= 0.3 is 7.12 Å². The maximum Gasteiger partial charge on any atom is 0.494 e. The molecule has 0 bridgehead atoms. The lowest BCUT2D eigenvalue weighted by Gasteiger charge is -2.32. The highest BCUT2D eigenvalue weighted by Crippen LogP contribution is 2.36. The number of furan rings is 1. The Bertz CT molecular complexity index is 774. The quantitative estimate of drug-likeness (QED) is 0.638. The van der Waals surface area contributed by atoms with Gasteiger partial charge in [-0.1, -0.05) is 18.2 Å². The van der Waals surface area contributed by atoms with Gasteiger partial charge < -0.3 is 13.7 Å². The van der Waals surface area contributed by atoms with Crippen LogP contribution in [-0.4, -0.2) is 30.9 Å². The third kappa shape index (κ3) is 2.72. The summed E-state index contributed by atoms with van der Waals surface area (Å²) in [6.45, 7) is 7.91. The van der Waals surface area contributed by atoms with E-state index in [0.717, 1.165) is 11.7 Å². The van der Waals surface area contributed by atoms with Gasteiger partial charge in [0.2, 0.25) is 0 Å². The maximum atomic E-state index is 11.5. The smallest absolute Gasteiger partial charge is 0.453 e. The second-order valence-corrected chi connectivity index (χ2v) is 6.87. The molecule has 5 nitrogen and oxygen atoms in total. The minimum atomic E-state index is -0.537. The molecule has 1 saturated heterocycles. The Morgan fingerprint density at radius 1 is 0.917 bits per heavy atom. The first kappa shape index (κ1) is 16.7. The van der Waals surface area contributed by atoms with Crippen LogP contribution < -0.4 is 5.46 Å². The number of aldehydes is 2. The molecule has 1 aliphatic heterocycles. The molecule has 0 aliphatic carbocycles. The standard InChI is InChI=1S/C18H19BO5/c1-17(2)18(3,4)24-19(23-17)13-5-7-15(12(9-13)10-20)16-8-6-14(11-21)22-16/h5-11H,1-4H3. The van der Waals surface area contributed by atoms with Crippen LogP contribution in [0.25, 0.3) is 11.3 Å². The number of hydrogen-bond donors (Lipinski definition) is 0. The summed E-state index contributed by atoms with van der Waals surface area (Å²) in [5, 5.41) is 0. The zero-order chi connectivity index (χ0) is 17.5. The number of benzene rings is 1. The molecule has 1 aromatic heterocycles. The molecule has 24 heavy (non-hydrogen) atoms. The lowest BCUT2D eigenvalue weighted by Crippen LogP contribution is -2.41. The Morgan fingerprint density at radius 3 is 2.12 bits per heavy atom. The van der Waals surface area contributed by atoms with E-state index in [1.165, 1.54) is 0 Å². The molecule has 6 heteroatoms. The molecule has 0 atom stereocenters. The summed E-state index contributed by atoms with van der Waals surface area (Å²) < 4.78 is 17.4. The molecular formula is C18H19BO5. The predicted octanol–water partition coefficient (Wildman–Crippen LogP) is 2.87. The van der Waals surface area contributed by atoms with E-state index in [9.17, 15) is 9.59 Å². The van der Waals surface area contributed by atoms with E-state index in [4.69, 9.17) is 13.7 Å². The van der Waals surface area contributed by atoms with Gasteiger partial charge in [0.25, 0.3) is 0 Å². The maximum absolute atomic E-state index is 11.5. The Morgan fingerprint density at radius 2 is 1.58 bits per heavy atom. The third-order valence-corrected chi connectivity index (χ3v) is 4.74. The SMILES string of the molecule is CC1(C)OB(c2ccc(-c3ccc(C=O)o3)c(C=O)c2)OC1(C)C. The van der Waals surface area contributed by atoms with Crippen molar-refractivity contribution in [1.29, 1.82) is 0 Å². The van der Waals surface area contributed by atoms with Crippen molar-refractivity contribution < 1.29 is 23.3 Å². The molecule has 2 heterocycles. The van der Waals surface area contributed by atoms with Gasteiger partial charge in [-0.25, -0.2) is 0 Å². The van der Waals surface area contributed by atoms with E-state index in [1.807, 2.05) is 33.8 Å². The van der Waals surface area contributed by atoms with Crippen LogP contribution >= 0.6 is 0 Å². The molecule has 0 spiro atoms. The molecule has 1 aromatic carbocycles. The average Bonchev–Trinajstić information content (AvgIpc) is 3.09. The second kappa shape index (κ2) is 5.72. The number of carbonyl (C=O) groups is 2. The van der Waals surface area contributed by atoms with Crippen LogP contribution in [0.5, 0.6) is 0 Å². The number of carbonyl (C=O) groups excluding carboxylic acids is 2. The molecule has 0 unspecified atom stereocenters. The predicted molar refractivity (Wildman–Crippen MR) is 90.6 cm³/mol. The number of rotatable bonds is 4. The minimum absolute atomic E-state index is 0.219. The van der Waals surface area contributed by atoms with E-state index >= 15 is 0 Å². The van der Waals surface area contributed by atoms with Gasteiger partial charge in [-0.2, -0.15) is 0 Å². The summed E-state index contributed by atoms with van der Waals surface area (Å²) in [6.07, 6.45) is 1.38. The molecular weight excluding hydrogens is 307 g/mol. The normalized spacial score (nSPS) is 18.6. The van der Waals surface area contributed by atoms with Crippen LogP contribution in [0.4, 0.5) is 0 Å². The van der Waals surface area contributed by atoms with Gasteiger partial charge in [0.1, 0.15) is 5.76 Å². The lowest BCUT2D eigenvalue weighted by atomic mass is 9.77. The molecule has 3 rings (SSSR count). The summed E-state index contributed by atoms with van der Waals surface area (Å²) in [5.74, 6) is 0.691. The first-order valence-electron chi connectivity index (χ1n) is 7.77. The van der Waals surface area contributed by atoms with E-state index in [-0.39, 0.29) is 5.76 Å². The summed E-state index contributed by atoms with van der Waals surface area (Å²) in [7, 11) is -0.537. The Labute approximate surface area is 141 Å². The zero-order valence-corrected chi connectivity index (χ0v) is 14.2. The van der Waals surface area contributed by atoms with Gasteiger partial charge in [0, 0.05) is 11.1 Å². The fraction of sp³-hybridized carbons (Fsp3) is 0.333. The van der Waals surface area contributed by atoms with Crippen LogP contribution in [0.3, 0.4) is 0 Å². The second-order valence-electron chi connectivity index (χ2n) is 6.87. The largest absolute Gasteiger partial charge is 0.494 e. The molecule has 0 radical (unpaired) electrons. The zero-order valence-electron chi connectivity index (χ0n) is 14.2. The Kier molecular flexibility index (Phi) is 3.97. The van der Waals surface area contributed by atoms with Gasteiger partial charge in [-0.3, -0.25) is 9.59 Å². The van der Waals surface area contributed by atoms with Crippen LogP contribution in [-0.2, 0) is 9.31 Å². The highest BCUT2D eigenvalue weighted by Gasteiger charge is 2.51. The fourth-order valence-electron chi connectivity index (χ4n) is 2.59. The Hall–Kier alpha value is -2.18. The van der Waals surface area contributed by atoms with Crippen LogP contribution in [0.2, 0.25) is 0 Å². The van der Waals surface area contributed by atoms with Crippen molar-refractivity contribution in [3.63, 3.8) is 0 Å². The van der Waals surface area contributed by atoms with Crippen molar-refractivity contribution in [2.24, 2.45) is 0 Å². The summed E-state index contributed by atoms with van der Waals surface area (Å²) in [6, 6.07) is 8.58. The van der Waals surface area contributed by atoms with Crippen LogP contribution in [0.15, 0.2) is 34.7 Å². The van der Waals surface area contributed by atoms with Crippen molar-refractivity contribution in [2.75, 3.05) is 0 Å². The lowest BCUT2D eigenvalue weighted by molar-refractivity contribution is 0.00578. The number of hydrogen-bond acceptors (Lipinski definition) is 5. The van der Waals surface area contributed by atoms with E-state index in [1.54, 1.807) is 24.3 Å². The van der Waals surface area contributed by atoms with Crippen LogP contribution in [0, 0.1) is 0 Å². The van der Waals surface area contributed by atoms with Crippen molar-refractivity contribution >= 4 is 25.2 Å². The summed E-state index contributed by atoms with van der Waals surface area (Å²) in [4.78, 5) is 22.3.